The zero-order chi connectivity index (χ0) is 15.6. The molecule has 20 heavy (non-hydrogen) atoms. The van der Waals surface area contributed by atoms with Crippen LogP contribution in [0, 0.1) is 0 Å². The second kappa shape index (κ2) is 6.81. The average Bonchev–Trinajstić information content (AvgIpc) is 2.31. The van der Waals surface area contributed by atoms with Crippen molar-refractivity contribution in [1.82, 2.24) is 0 Å². The zero-order valence-electron chi connectivity index (χ0n) is 13.4. The Kier molecular flexibility index (Phi) is 6.13. The van der Waals surface area contributed by atoms with Crippen LogP contribution in [0.2, 0.25) is 18.1 Å². The van der Waals surface area contributed by atoms with Crippen LogP contribution in [0.4, 0.5) is 0 Å². The van der Waals surface area contributed by atoms with Gasteiger partial charge in [-0.2, -0.15) is 0 Å². The van der Waals surface area contributed by atoms with Crippen LogP contribution in [-0.4, -0.2) is 37.3 Å². The monoisotopic (exact) mass is 334 g/mol. The van der Waals surface area contributed by atoms with Crippen molar-refractivity contribution in [3.8, 4) is 0 Å². The van der Waals surface area contributed by atoms with Crippen LogP contribution in [0.5, 0.6) is 0 Å². The fraction of sp³-hybridized carbons (Fsp3) is 0.786. The van der Waals surface area contributed by atoms with Crippen molar-refractivity contribution in [3.63, 3.8) is 0 Å². The van der Waals surface area contributed by atoms with Crippen LogP contribution in [0.15, 0.2) is 12.3 Å². The van der Waals surface area contributed by atoms with Crippen molar-refractivity contribution < 1.29 is 13.9 Å². The largest absolute Gasteiger partial charge is 0.495 e. The zero-order valence-corrected chi connectivity index (χ0v) is 16.1. The van der Waals surface area contributed by atoms with Crippen LogP contribution in [0.25, 0.3) is 0 Å². The highest BCUT2D eigenvalue weighted by Crippen LogP contribution is 2.38. The van der Waals surface area contributed by atoms with Crippen molar-refractivity contribution in [1.29, 1.82) is 0 Å². The fourth-order valence-electron chi connectivity index (χ4n) is 1.65. The molecule has 0 amide bonds. The lowest BCUT2D eigenvalue weighted by Gasteiger charge is -2.42. The third kappa shape index (κ3) is 4.48. The fourth-order valence-corrected chi connectivity index (χ4v) is 3.21. The molecule has 0 bridgehead atoms. The molecular weight excluding hydrogens is 308 g/mol. The van der Waals surface area contributed by atoms with Gasteiger partial charge in [0, 0.05) is 0 Å². The second-order valence-corrected chi connectivity index (χ2v) is 12.7. The van der Waals surface area contributed by atoms with Crippen molar-refractivity contribution in [2.24, 2.45) is 0 Å². The average molecular weight is 335 g/mol. The molecule has 0 aliphatic carbocycles. The first-order valence-electron chi connectivity index (χ1n) is 6.83. The number of rotatable bonds is 3. The van der Waals surface area contributed by atoms with Gasteiger partial charge in [0.15, 0.2) is 14.4 Å². The van der Waals surface area contributed by atoms with Gasteiger partial charge in [0.2, 0.25) is 4.38 Å². The van der Waals surface area contributed by atoms with E-state index >= 15 is 0 Å². The SMILES string of the molecule is CSC(=S)O[C@@H]1[C@@H](C)OC=C[C@H]1O[Si](C)(C)C(C)(C)C. The molecule has 0 fully saturated rings. The van der Waals surface area contributed by atoms with E-state index in [0.29, 0.717) is 4.38 Å². The summed E-state index contributed by atoms with van der Waals surface area (Å²) in [6, 6.07) is 0. The molecule has 3 atom stereocenters. The van der Waals surface area contributed by atoms with E-state index in [2.05, 4.69) is 33.9 Å². The summed E-state index contributed by atoms with van der Waals surface area (Å²) in [4.78, 5) is 0. The van der Waals surface area contributed by atoms with E-state index in [1.165, 1.54) is 11.8 Å². The number of thiocarbonyl (C=S) groups is 1. The van der Waals surface area contributed by atoms with Crippen LogP contribution < -0.4 is 0 Å². The predicted octanol–water partition coefficient (Wildman–Crippen LogP) is 4.34. The van der Waals surface area contributed by atoms with E-state index in [0.717, 1.165) is 0 Å². The van der Waals surface area contributed by atoms with Gasteiger partial charge in [-0.25, -0.2) is 0 Å². The maximum absolute atomic E-state index is 6.45. The number of hydrogen-bond acceptors (Lipinski definition) is 5. The van der Waals surface area contributed by atoms with Gasteiger partial charge in [-0.1, -0.05) is 32.5 Å². The van der Waals surface area contributed by atoms with Gasteiger partial charge >= 0.3 is 0 Å². The minimum Gasteiger partial charge on any atom is -0.495 e. The Morgan fingerprint density at radius 2 is 1.95 bits per heavy atom. The maximum Gasteiger partial charge on any atom is 0.220 e. The van der Waals surface area contributed by atoms with Gasteiger partial charge in [-0.3, -0.25) is 0 Å². The Morgan fingerprint density at radius 1 is 1.35 bits per heavy atom. The molecule has 0 N–H and O–H groups in total. The molecule has 1 aliphatic heterocycles. The van der Waals surface area contributed by atoms with Gasteiger partial charge in [0.05, 0.1) is 6.26 Å². The van der Waals surface area contributed by atoms with Gasteiger partial charge in [-0.15, -0.1) is 0 Å². The van der Waals surface area contributed by atoms with E-state index in [1.807, 2.05) is 19.3 Å². The molecule has 0 aromatic heterocycles. The van der Waals surface area contributed by atoms with Crippen LogP contribution in [0.1, 0.15) is 27.7 Å². The van der Waals surface area contributed by atoms with E-state index < -0.39 is 8.32 Å². The normalized spacial score (nSPS) is 27.1. The minimum absolute atomic E-state index is 0.0696. The summed E-state index contributed by atoms with van der Waals surface area (Å²) >= 11 is 6.61. The van der Waals surface area contributed by atoms with Gasteiger partial charge in [0.1, 0.15) is 12.2 Å². The third-order valence-electron chi connectivity index (χ3n) is 3.98. The smallest absolute Gasteiger partial charge is 0.220 e. The topological polar surface area (TPSA) is 27.7 Å². The Bertz CT molecular complexity index is 377. The molecule has 1 aliphatic rings. The molecule has 0 aromatic rings. The molecule has 6 heteroatoms. The van der Waals surface area contributed by atoms with Gasteiger partial charge in [0.25, 0.3) is 0 Å². The maximum atomic E-state index is 6.45. The van der Waals surface area contributed by atoms with Crippen molar-refractivity contribution in [2.45, 2.75) is 64.1 Å². The molecule has 0 radical (unpaired) electrons. The first-order valence-corrected chi connectivity index (χ1v) is 11.4. The molecule has 0 unspecified atom stereocenters. The van der Waals surface area contributed by atoms with E-state index in [1.54, 1.807) is 6.26 Å². The predicted molar refractivity (Wildman–Crippen MR) is 92.7 cm³/mol. The van der Waals surface area contributed by atoms with Gasteiger partial charge < -0.3 is 13.9 Å². The first kappa shape index (κ1) is 18.0. The summed E-state index contributed by atoms with van der Waals surface area (Å²) in [6.45, 7) is 13.2. The van der Waals surface area contributed by atoms with Crippen molar-refractivity contribution in [3.05, 3.63) is 12.3 Å². The highest BCUT2D eigenvalue weighted by molar-refractivity contribution is 8.22. The second-order valence-electron chi connectivity index (χ2n) is 6.55. The number of ether oxygens (including phenoxy) is 2. The standard InChI is InChI=1S/C14H26O3S2Si/c1-10-12(16-13(18)19-5)11(8-9-15-10)17-20(6,7)14(2,3)4/h8-12H,1-7H3/t10-,11-,12-/m1/s1. The Labute approximate surface area is 133 Å². The molecule has 1 heterocycles. The summed E-state index contributed by atoms with van der Waals surface area (Å²) < 4.78 is 18.3. The summed E-state index contributed by atoms with van der Waals surface area (Å²) in [7, 11) is -1.86. The van der Waals surface area contributed by atoms with Crippen LogP contribution in [-0.2, 0) is 13.9 Å². The van der Waals surface area contributed by atoms with E-state index in [9.17, 15) is 0 Å². The summed E-state index contributed by atoms with van der Waals surface area (Å²) in [5.74, 6) is 0. The van der Waals surface area contributed by atoms with Crippen LogP contribution in [0.3, 0.4) is 0 Å². The Hall–Kier alpha value is -0.0431. The quantitative estimate of drug-likeness (QED) is 0.565. The highest BCUT2D eigenvalue weighted by Gasteiger charge is 2.43. The van der Waals surface area contributed by atoms with E-state index in [4.69, 9.17) is 26.1 Å². The molecule has 0 saturated carbocycles. The first-order chi connectivity index (χ1) is 9.08. The van der Waals surface area contributed by atoms with Gasteiger partial charge in [-0.05, 0) is 49.6 Å². The molecule has 116 valence electrons. The lowest BCUT2D eigenvalue weighted by atomic mass is 10.1. The van der Waals surface area contributed by atoms with Crippen molar-refractivity contribution >= 4 is 36.7 Å². The Balaban J connectivity index is 2.86. The molecule has 0 spiro atoms. The van der Waals surface area contributed by atoms with Crippen molar-refractivity contribution in [2.75, 3.05) is 6.26 Å². The minimum atomic E-state index is -1.86. The summed E-state index contributed by atoms with van der Waals surface area (Å²) in [5, 5.41) is 0.160. The summed E-state index contributed by atoms with van der Waals surface area (Å²) in [5.41, 5.74) is 0. The van der Waals surface area contributed by atoms with E-state index in [-0.39, 0.29) is 23.4 Å². The summed E-state index contributed by atoms with van der Waals surface area (Å²) in [6.07, 6.45) is 5.20. The third-order valence-corrected chi connectivity index (χ3v) is 9.48. The molecular formula is C14H26O3S2Si. The Morgan fingerprint density at radius 3 is 2.45 bits per heavy atom. The lowest BCUT2D eigenvalue weighted by Crippen LogP contribution is -2.51. The number of hydrogen-bond donors (Lipinski definition) is 0. The highest BCUT2D eigenvalue weighted by atomic mass is 32.2. The lowest BCUT2D eigenvalue weighted by molar-refractivity contribution is -0.0383. The number of thioether (sulfide) groups is 1. The molecule has 3 nitrogen and oxygen atoms in total. The molecule has 0 aromatic carbocycles. The van der Waals surface area contributed by atoms with Crippen LogP contribution >= 0.6 is 24.0 Å². The molecule has 0 saturated heterocycles. The molecule has 1 rings (SSSR count).